The van der Waals surface area contributed by atoms with E-state index in [-0.39, 0.29) is 6.10 Å². The Morgan fingerprint density at radius 3 is 3.04 bits per heavy atom. The van der Waals surface area contributed by atoms with Crippen LogP contribution in [0.5, 0.6) is 0 Å². The summed E-state index contributed by atoms with van der Waals surface area (Å²) in [5.74, 6) is 1.68. The fourth-order valence-electron chi connectivity index (χ4n) is 3.17. The summed E-state index contributed by atoms with van der Waals surface area (Å²) >= 11 is 0. The third-order valence-electron chi connectivity index (χ3n) is 4.39. The predicted molar refractivity (Wildman–Crippen MR) is 95.7 cm³/mol. The molecule has 0 aliphatic carbocycles. The van der Waals surface area contributed by atoms with Crippen molar-refractivity contribution in [2.75, 3.05) is 19.7 Å². The molecule has 26 heavy (non-hydrogen) atoms. The molecule has 0 radical (unpaired) electrons. The molecule has 0 amide bonds. The Hall–Kier alpha value is -2.58. The van der Waals surface area contributed by atoms with Gasteiger partial charge < -0.3 is 10.1 Å². The summed E-state index contributed by atoms with van der Waals surface area (Å²) in [5.41, 5.74) is 2.46. The van der Waals surface area contributed by atoms with Crippen molar-refractivity contribution in [3.8, 4) is 0 Å². The molecule has 1 aromatic carbocycles. The molecule has 1 aliphatic heterocycles. The van der Waals surface area contributed by atoms with E-state index in [1.165, 1.54) is 17.5 Å². The van der Waals surface area contributed by atoms with Crippen LogP contribution in [0.4, 0.5) is 0 Å². The molecule has 0 spiro atoms. The summed E-state index contributed by atoms with van der Waals surface area (Å²) in [7, 11) is 0. The first-order chi connectivity index (χ1) is 12.8. The maximum atomic E-state index is 5.85. The van der Waals surface area contributed by atoms with Gasteiger partial charge in [0.1, 0.15) is 25.0 Å². The molecule has 1 saturated heterocycles. The van der Waals surface area contributed by atoms with E-state index in [9.17, 15) is 0 Å². The molecule has 2 aromatic heterocycles. The molecule has 1 N–H and O–H groups in total. The van der Waals surface area contributed by atoms with Gasteiger partial charge in [-0.15, -0.1) is 0 Å². The van der Waals surface area contributed by atoms with E-state index < -0.39 is 0 Å². The van der Waals surface area contributed by atoms with E-state index in [1.54, 1.807) is 11.0 Å². The Bertz CT molecular complexity index is 837. The fourth-order valence-corrected chi connectivity index (χ4v) is 3.17. The standard InChI is InChI=1S/C18H23N7O/c1-14-3-2-4-15(7-14)10-25-18(8-16-9-19-5-6-26-16)22-17(23-25)11-24-13-20-12-21-24/h2-4,7,12-13,16,19H,5-6,8-11H2,1H3/t16-/m0/s1. The molecule has 8 heteroatoms. The number of morpholine rings is 1. The van der Waals surface area contributed by atoms with Crippen molar-refractivity contribution >= 4 is 0 Å². The number of ether oxygens (including phenoxy) is 1. The van der Waals surface area contributed by atoms with Gasteiger partial charge in [0, 0.05) is 19.5 Å². The molecule has 1 aliphatic rings. The molecular weight excluding hydrogens is 330 g/mol. The molecular formula is C18H23N7O. The Morgan fingerprint density at radius 1 is 1.31 bits per heavy atom. The zero-order valence-electron chi connectivity index (χ0n) is 14.9. The highest BCUT2D eigenvalue weighted by atomic mass is 16.5. The van der Waals surface area contributed by atoms with Crippen molar-refractivity contribution in [3.05, 3.63) is 59.7 Å². The van der Waals surface area contributed by atoms with Crippen molar-refractivity contribution in [2.45, 2.75) is 32.5 Å². The number of nitrogens with zero attached hydrogens (tertiary/aromatic N) is 6. The average Bonchev–Trinajstić information content (AvgIpc) is 3.27. The maximum Gasteiger partial charge on any atom is 0.172 e. The molecule has 0 unspecified atom stereocenters. The third-order valence-corrected chi connectivity index (χ3v) is 4.39. The van der Waals surface area contributed by atoms with Gasteiger partial charge in [0.2, 0.25) is 0 Å². The van der Waals surface area contributed by atoms with Crippen molar-refractivity contribution in [2.24, 2.45) is 0 Å². The number of hydrogen-bond acceptors (Lipinski definition) is 6. The summed E-state index contributed by atoms with van der Waals surface area (Å²) in [6.45, 7) is 5.80. The van der Waals surface area contributed by atoms with E-state index >= 15 is 0 Å². The molecule has 136 valence electrons. The Kier molecular flexibility index (Phi) is 5.03. The minimum Gasteiger partial charge on any atom is -0.375 e. The quantitative estimate of drug-likeness (QED) is 0.706. The zero-order chi connectivity index (χ0) is 17.8. The largest absolute Gasteiger partial charge is 0.375 e. The van der Waals surface area contributed by atoms with Crippen LogP contribution in [0.3, 0.4) is 0 Å². The van der Waals surface area contributed by atoms with Crippen LogP contribution in [0, 0.1) is 6.92 Å². The second-order valence-electron chi connectivity index (χ2n) is 6.59. The van der Waals surface area contributed by atoms with E-state index in [4.69, 9.17) is 14.8 Å². The average molecular weight is 353 g/mol. The van der Waals surface area contributed by atoms with E-state index in [2.05, 4.69) is 46.6 Å². The van der Waals surface area contributed by atoms with Crippen LogP contribution in [0.25, 0.3) is 0 Å². The molecule has 1 atom stereocenters. The van der Waals surface area contributed by atoms with Gasteiger partial charge in [-0.3, -0.25) is 0 Å². The molecule has 1 fully saturated rings. The normalized spacial score (nSPS) is 17.5. The lowest BCUT2D eigenvalue weighted by atomic mass is 10.1. The first-order valence-corrected chi connectivity index (χ1v) is 8.89. The summed E-state index contributed by atoms with van der Waals surface area (Å²) in [6, 6.07) is 8.48. The number of aromatic nitrogens is 6. The van der Waals surface area contributed by atoms with Gasteiger partial charge in [0.15, 0.2) is 5.82 Å². The smallest absolute Gasteiger partial charge is 0.172 e. The molecule has 3 aromatic rings. The van der Waals surface area contributed by atoms with Crippen LogP contribution in [0.1, 0.15) is 22.8 Å². The highest BCUT2D eigenvalue weighted by molar-refractivity contribution is 5.22. The van der Waals surface area contributed by atoms with Crippen molar-refractivity contribution in [3.63, 3.8) is 0 Å². The van der Waals surface area contributed by atoms with Gasteiger partial charge in [0.05, 0.1) is 19.3 Å². The Morgan fingerprint density at radius 2 is 2.27 bits per heavy atom. The molecule has 0 bridgehead atoms. The lowest BCUT2D eigenvalue weighted by molar-refractivity contribution is 0.0274. The number of rotatable bonds is 6. The van der Waals surface area contributed by atoms with Crippen LogP contribution < -0.4 is 5.32 Å². The van der Waals surface area contributed by atoms with Crippen molar-refractivity contribution in [1.82, 2.24) is 34.8 Å². The Labute approximate surface area is 152 Å². The van der Waals surface area contributed by atoms with Crippen molar-refractivity contribution in [1.29, 1.82) is 0 Å². The molecule has 8 nitrogen and oxygen atoms in total. The number of benzene rings is 1. The molecule has 3 heterocycles. The van der Waals surface area contributed by atoms with Crippen LogP contribution >= 0.6 is 0 Å². The lowest BCUT2D eigenvalue weighted by Crippen LogP contribution is -2.40. The second-order valence-corrected chi connectivity index (χ2v) is 6.59. The maximum absolute atomic E-state index is 5.85. The summed E-state index contributed by atoms with van der Waals surface area (Å²) < 4.78 is 9.57. The van der Waals surface area contributed by atoms with Gasteiger partial charge in [-0.1, -0.05) is 29.8 Å². The number of nitrogens with one attached hydrogen (secondary N) is 1. The van der Waals surface area contributed by atoms with E-state index in [0.29, 0.717) is 13.1 Å². The van der Waals surface area contributed by atoms with Gasteiger partial charge in [-0.2, -0.15) is 10.2 Å². The highest BCUT2D eigenvalue weighted by Crippen LogP contribution is 2.12. The number of hydrogen-bond donors (Lipinski definition) is 1. The van der Waals surface area contributed by atoms with E-state index in [1.807, 2.05) is 4.68 Å². The van der Waals surface area contributed by atoms with Crippen LogP contribution in [-0.2, 0) is 24.2 Å². The predicted octanol–water partition coefficient (Wildman–Crippen LogP) is 0.806. The highest BCUT2D eigenvalue weighted by Gasteiger charge is 2.19. The van der Waals surface area contributed by atoms with Crippen LogP contribution in [-0.4, -0.2) is 55.3 Å². The monoisotopic (exact) mass is 353 g/mol. The molecule has 4 rings (SSSR count). The molecule has 0 saturated carbocycles. The second kappa shape index (κ2) is 7.76. The third kappa shape index (κ3) is 4.14. The van der Waals surface area contributed by atoms with Gasteiger partial charge in [-0.05, 0) is 12.5 Å². The van der Waals surface area contributed by atoms with E-state index in [0.717, 1.165) is 37.8 Å². The first kappa shape index (κ1) is 16.9. The fraction of sp³-hybridized carbons (Fsp3) is 0.444. The zero-order valence-corrected chi connectivity index (χ0v) is 14.9. The van der Waals surface area contributed by atoms with Gasteiger partial charge in [0.25, 0.3) is 0 Å². The minimum atomic E-state index is 0.128. The minimum absolute atomic E-state index is 0.128. The summed E-state index contributed by atoms with van der Waals surface area (Å²) in [6.07, 6.45) is 4.06. The summed E-state index contributed by atoms with van der Waals surface area (Å²) in [5, 5.41) is 12.2. The SMILES string of the molecule is Cc1cccc(Cn2nc(Cn3cncn3)nc2C[C@H]2CNCCO2)c1. The topological polar surface area (TPSA) is 82.7 Å². The van der Waals surface area contributed by atoms with Crippen LogP contribution in [0.2, 0.25) is 0 Å². The number of aryl methyl sites for hydroxylation is 1. The first-order valence-electron chi connectivity index (χ1n) is 8.89. The Balaban J connectivity index is 1.57. The van der Waals surface area contributed by atoms with Crippen molar-refractivity contribution < 1.29 is 4.74 Å². The van der Waals surface area contributed by atoms with Gasteiger partial charge >= 0.3 is 0 Å². The summed E-state index contributed by atoms with van der Waals surface area (Å²) in [4.78, 5) is 8.73. The van der Waals surface area contributed by atoms with Crippen LogP contribution in [0.15, 0.2) is 36.9 Å². The lowest BCUT2D eigenvalue weighted by Gasteiger charge is -2.23. The van der Waals surface area contributed by atoms with Gasteiger partial charge in [-0.25, -0.2) is 19.3 Å².